The molecular formula is C32H35FN4O3. The molecule has 0 bridgehead atoms. The number of hydrogen-bond donors (Lipinski definition) is 0. The molecule has 8 heteroatoms. The van der Waals surface area contributed by atoms with Crippen molar-refractivity contribution in [2.24, 2.45) is 18.9 Å². The summed E-state index contributed by atoms with van der Waals surface area (Å²) in [4.78, 5) is 15.8. The van der Waals surface area contributed by atoms with Gasteiger partial charge in [-0.2, -0.15) is 0 Å². The van der Waals surface area contributed by atoms with E-state index in [1.165, 1.54) is 12.1 Å². The average molecular weight is 543 g/mol. The molecule has 40 heavy (non-hydrogen) atoms. The molecule has 2 aliphatic rings. The number of carbonyl (C=O) groups excluding carboxylic acids is 1. The summed E-state index contributed by atoms with van der Waals surface area (Å²) < 4.78 is 27.2. The van der Waals surface area contributed by atoms with Crippen molar-refractivity contribution in [3.8, 4) is 22.6 Å². The Bertz CT molecular complexity index is 1530. The zero-order chi connectivity index (χ0) is 27.8. The first-order valence-corrected chi connectivity index (χ1v) is 14.1. The van der Waals surface area contributed by atoms with Crippen molar-refractivity contribution in [2.45, 2.75) is 45.2 Å². The second kappa shape index (κ2) is 11.0. The van der Waals surface area contributed by atoms with Gasteiger partial charge in [-0.25, -0.2) is 9.07 Å². The van der Waals surface area contributed by atoms with Gasteiger partial charge < -0.3 is 9.47 Å². The van der Waals surface area contributed by atoms with E-state index in [0.717, 1.165) is 77.1 Å². The number of aryl methyl sites for hydroxylation is 1. The lowest BCUT2D eigenvalue weighted by atomic mass is 9.87. The van der Waals surface area contributed by atoms with Gasteiger partial charge >= 0.3 is 0 Å². The zero-order valence-electron chi connectivity index (χ0n) is 23.3. The predicted octanol–water partition coefficient (Wildman–Crippen LogP) is 6.06. The van der Waals surface area contributed by atoms with Crippen LogP contribution in [0, 0.1) is 17.7 Å². The molecule has 6 rings (SSSR count). The molecule has 3 atom stereocenters. The normalized spacial score (nSPS) is 20.6. The largest absolute Gasteiger partial charge is 0.496 e. The van der Waals surface area contributed by atoms with E-state index >= 15 is 0 Å². The van der Waals surface area contributed by atoms with Crippen molar-refractivity contribution in [1.29, 1.82) is 0 Å². The van der Waals surface area contributed by atoms with E-state index in [1.807, 2.05) is 32.2 Å². The number of aromatic nitrogens is 3. The third-order valence-electron chi connectivity index (χ3n) is 8.70. The Morgan fingerprint density at radius 3 is 2.62 bits per heavy atom. The van der Waals surface area contributed by atoms with Crippen molar-refractivity contribution >= 4 is 16.8 Å². The number of methoxy groups -OCH3 is 1. The van der Waals surface area contributed by atoms with Crippen LogP contribution < -0.4 is 9.47 Å². The highest BCUT2D eigenvalue weighted by Crippen LogP contribution is 2.46. The lowest BCUT2D eigenvalue weighted by Gasteiger charge is -2.25. The van der Waals surface area contributed by atoms with Crippen LogP contribution in [0.15, 0.2) is 54.6 Å². The molecule has 0 radical (unpaired) electrons. The van der Waals surface area contributed by atoms with Crippen molar-refractivity contribution in [2.75, 3.05) is 20.3 Å². The van der Waals surface area contributed by atoms with Gasteiger partial charge in [-0.05, 0) is 98.2 Å². The number of benzene rings is 3. The number of fused-ring (bicyclic) bond motifs is 2. The van der Waals surface area contributed by atoms with Gasteiger partial charge in [0.15, 0.2) is 5.78 Å². The van der Waals surface area contributed by atoms with Gasteiger partial charge in [-0.1, -0.05) is 17.3 Å². The molecule has 1 unspecified atom stereocenters. The second-order valence-corrected chi connectivity index (χ2v) is 11.0. The Balaban J connectivity index is 1.17. The molecule has 1 aliphatic carbocycles. The number of halogens is 1. The summed E-state index contributed by atoms with van der Waals surface area (Å²) in [5, 5.41) is 8.23. The molecule has 3 aromatic carbocycles. The number of hydrogen-bond acceptors (Lipinski definition) is 6. The fraction of sp³-hybridized carbons (Fsp3) is 0.406. The molecule has 0 spiro atoms. The van der Waals surface area contributed by atoms with Gasteiger partial charge in [0.05, 0.1) is 24.8 Å². The molecule has 0 N–H and O–H groups in total. The van der Waals surface area contributed by atoms with Gasteiger partial charge in [0.1, 0.15) is 22.8 Å². The number of carbonyl (C=O) groups is 1. The van der Waals surface area contributed by atoms with E-state index in [4.69, 9.17) is 9.47 Å². The van der Waals surface area contributed by atoms with Crippen molar-refractivity contribution < 1.29 is 18.7 Å². The molecular weight excluding hydrogens is 507 g/mol. The molecule has 1 aliphatic heterocycles. The highest BCUT2D eigenvalue weighted by atomic mass is 19.1. The Kier molecular flexibility index (Phi) is 7.27. The smallest absolute Gasteiger partial charge is 0.163 e. The fourth-order valence-electron chi connectivity index (χ4n) is 6.81. The molecule has 4 aromatic rings. The molecule has 1 aromatic heterocycles. The van der Waals surface area contributed by atoms with E-state index in [9.17, 15) is 9.18 Å². The minimum absolute atomic E-state index is 0.194. The van der Waals surface area contributed by atoms with Crippen LogP contribution in [0.2, 0.25) is 0 Å². The van der Waals surface area contributed by atoms with E-state index in [0.29, 0.717) is 30.9 Å². The van der Waals surface area contributed by atoms with Crippen molar-refractivity contribution in [3.05, 3.63) is 71.5 Å². The average Bonchev–Trinajstić information content (AvgIpc) is 3.66. The highest BCUT2D eigenvalue weighted by molar-refractivity contribution is 5.99. The Labute approximate surface area is 233 Å². The Hall–Kier alpha value is -3.78. The molecule has 1 saturated carbocycles. The van der Waals surface area contributed by atoms with Crippen LogP contribution in [0.1, 0.15) is 48.5 Å². The van der Waals surface area contributed by atoms with Crippen LogP contribution in [0.4, 0.5) is 4.39 Å². The Morgan fingerprint density at radius 1 is 1.05 bits per heavy atom. The number of likely N-dealkylation sites (tertiary alicyclic amines) is 1. The summed E-state index contributed by atoms with van der Waals surface area (Å²) in [5.41, 5.74) is 5.24. The summed E-state index contributed by atoms with van der Waals surface area (Å²) in [7, 11) is 3.52. The quantitative estimate of drug-likeness (QED) is 0.240. The van der Waals surface area contributed by atoms with Crippen LogP contribution >= 0.6 is 0 Å². The standard InChI is InChI=1S/C32H35FN4O3/c1-4-40-31-16-20(15-30(39-3)32(31)21-5-9-24(33)10-6-21)19-37-14-13-25-22(7-11-27(25)37)18-29(38)23-8-12-28-26(17-23)34-35-36(28)2/h5-6,8-10,12,15-17,22,25,27H,4,7,11,13-14,18-19H2,1-3H3/t22?,25-,27+/m0/s1. The first kappa shape index (κ1) is 26.4. The number of rotatable bonds is 9. The van der Waals surface area contributed by atoms with Crippen LogP contribution in [-0.2, 0) is 13.6 Å². The number of nitrogens with zero attached hydrogens (tertiary/aromatic N) is 4. The summed E-state index contributed by atoms with van der Waals surface area (Å²) in [6, 6.07) is 16.8. The Morgan fingerprint density at radius 2 is 1.85 bits per heavy atom. The summed E-state index contributed by atoms with van der Waals surface area (Å²) in [5.74, 6) is 2.31. The van der Waals surface area contributed by atoms with Gasteiger partial charge in [0.25, 0.3) is 0 Å². The summed E-state index contributed by atoms with van der Waals surface area (Å²) in [6.07, 6.45) is 3.86. The van der Waals surface area contributed by atoms with Crippen LogP contribution in [0.25, 0.3) is 22.2 Å². The minimum atomic E-state index is -0.274. The number of ketones is 1. The van der Waals surface area contributed by atoms with Crippen LogP contribution in [-0.4, -0.2) is 52.0 Å². The van der Waals surface area contributed by atoms with E-state index in [2.05, 4.69) is 27.3 Å². The maximum absolute atomic E-state index is 13.6. The first-order valence-electron chi connectivity index (χ1n) is 14.1. The lowest BCUT2D eigenvalue weighted by Crippen LogP contribution is -2.30. The molecule has 0 amide bonds. The summed E-state index contributed by atoms with van der Waals surface area (Å²) in [6.45, 7) is 4.29. The van der Waals surface area contributed by atoms with Crippen molar-refractivity contribution in [3.63, 3.8) is 0 Å². The van der Waals surface area contributed by atoms with Gasteiger partial charge in [0.2, 0.25) is 0 Å². The topological polar surface area (TPSA) is 69.5 Å². The third-order valence-corrected chi connectivity index (χ3v) is 8.70. The highest BCUT2D eigenvalue weighted by Gasteiger charge is 2.44. The van der Waals surface area contributed by atoms with Crippen molar-refractivity contribution in [1.82, 2.24) is 19.9 Å². The molecule has 1 saturated heterocycles. The second-order valence-electron chi connectivity index (χ2n) is 11.0. The molecule has 2 heterocycles. The van der Waals surface area contributed by atoms with E-state index in [1.54, 1.807) is 23.9 Å². The number of ether oxygens (including phenoxy) is 2. The maximum Gasteiger partial charge on any atom is 0.163 e. The molecule has 2 fully saturated rings. The SMILES string of the molecule is CCOc1cc(CN2CC[C@H]3C(CC(=O)c4ccc5c(c4)nnn5C)CC[C@H]32)cc(OC)c1-c1ccc(F)cc1. The lowest BCUT2D eigenvalue weighted by molar-refractivity contribution is 0.0949. The van der Waals surface area contributed by atoms with E-state index < -0.39 is 0 Å². The van der Waals surface area contributed by atoms with Gasteiger partial charge in [-0.3, -0.25) is 9.69 Å². The minimum Gasteiger partial charge on any atom is -0.496 e. The molecule has 7 nitrogen and oxygen atoms in total. The fourth-order valence-corrected chi connectivity index (χ4v) is 6.81. The van der Waals surface area contributed by atoms with E-state index in [-0.39, 0.29) is 11.6 Å². The van der Waals surface area contributed by atoms with Gasteiger partial charge in [-0.15, -0.1) is 5.10 Å². The zero-order valence-corrected chi connectivity index (χ0v) is 23.3. The maximum atomic E-state index is 13.6. The molecule has 208 valence electrons. The van der Waals surface area contributed by atoms with Crippen LogP contribution in [0.3, 0.4) is 0 Å². The van der Waals surface area contributed by atoms with Crippen LogP contribution in [0.5, 0.6) is 11.5 Å². The summed E-state index contributed by atoms with van der Waals surface area (Å²) >= 11 is 0. The first-order chi connectivity index (χ1) is 19.4. The third kappa shape index (κ3) is 4.96. The predicted molar refractivity (Wildman–Crippen MR) is 152 cm³/mol. The number of Topliss-reactive ketones (excluding diaryl/α,β-unsaturated/α-hetero) is 1. The van der Waals surface area contributed by atoms with Gasteiger partial charge in [0, 0.05) is 31.6 Å². The monoisotopic (exact) mass is 542 g/mol.